The minimum atomic E-state index is -0.186. The van der Waals surface area contributed by atoms with Crippen molar-refractivity contribution in [3.63, 3.8) is 0 Å². The van der Waals surface area contributed by atoms with Gasteiger partial charge in [0.15, 0.2) is 0 Å². The lowest BCUT2D eigenvalue weighted by Crippen LogP contribution is -2.11. The number of ether oxygens (including phenoxy) is 1. The van der Waals surface area contributed by atoms with Crippen LogP contribution in [0.25, 0.3) is 10.6 Å². The van der Waals surface area contributed by atoms with E-state index in [9.17, 15) is 4.79 Å². The highest BCUT2D eigenvalue weighted by Crippen LogP contribution is 2.28. The maximum Gasteiger partial charge on any atom is 0.251 e. The molecule has 0 atom stereocenters. The van der Waals surface area contributed by atoms with Gasteiger partial charge < -0.3 is 9.72 Å². The average molecular weight is 271 g/mol. The molecule has 0 aliphatic rings. The second kappa shape index (κ2) is 5.44. The summed E-state index contributed by atoms with van der Waals surface area (Å²) in [4.78, 5) is 19.3. The Morgan fingerprint density at radius 1 is 1.53 bits per heavy atom. The van der Waals surface area contributed by atoms with Crippen LogP contribution in [0.15, 0.2) is 23.0 Å². The summed E-state index contributed by atoms with van der Waals surface area (Å²) >= 11 is 7.25. The molecule has 0 aliphatic carbocycles. The summed E-state index contributed by atoms with van der Waals surface area (Å²) in [5.74, 6) is 0.527. The molecule has 0 saturated heterocycles. The van der Waals surface area contributed by atoms with Crippen molar-refractivity contribution in [2.75, 3.05) is 6.61 Å². The van der Waals surface area contributed by atoms with Gasteiger partial charge in [-0.15, -0.1) is 11.3 Å². The van der Waals surface area contributed by atoms with Gasteiger partial charge in [0.05, 0.1) is 14.9 Å². The van der Waals surface area contributed by atoms with Crippen LogP contribution < -0.4 is 5.56 Å². The Bertz CT molecular complexity index is 565. The molecule has 0 aromatic carbocycles. The van der Waals surface area contributed by atoms with Gasteiger partial charge in [-0.3, -0.25) is 4.79 Å². The van der Waals surface area contributed by atoms with Crippen molar-refractivity contribution >= 4 is 22.9 Å². The van der Waals surface area contributed by atoms with Crippen molar-refractivity contribution in [3.05, 3.63) is 38.7 Å². The number of hydrogen-bond acceptors (Lipinski definition) is 4. The zero-order chi connectivity index (χ0) is 12.3. The molecule has 6 heteroatoms. The van der Waals surface area contributed by atoms with Crippen LogP contribution in [0.4, 0.5) is 0 Å². The van der Waals surface area contributed by atoms with E-state index in [-0.39, 0.29) is 5.56 Å². The molecule has 0 amide bonds. The lowest BCUT2D eigenvalue weighted by atomic mass is 10.3. The molecule has 0 aliphatic heterocycles. The predicted octanol–water partition coefficient (Wildman–Crippen LogP) is 2.69. The fourth-order valence-electron chi connectivity index (χ4n) is 1.35. The van der Waals surface area contributed by atoms with Crippen LogP contribution in [-0.4, -0.2) is 16.6 Å². The highest BCUT2D eigenvalue weighted by atomic mass is 35.5. The number of H-pyrrole nitrogens is 1. The molecule has 0 unspecified atom stereocenters. The third-order valence-corrected chi connectivity index (χ3v) is 3.31. The molecule has 2 heterocycles. The number of hydrogen-bond donors (Lipinski definition) is 1. The van der Waals surface area contributed by atoms with Crippen molar-refractivity contribution < 1.29 is 4.74 Å². The van der Waals surface area contributed by atoms with Crippen molar-refractivity contribution in [1.29, 1.82) is 0 Å². The van der Waals surface area contributed by atoms with E-state index in [1.807, 2.05) is 13.0 Å². The molecular weight excluding hydrogens is 260 g/mol. The highest BCUT2D eigenvalue weighted by Gasteiger charge is 2.06. The molecule has 2 aromatic heterocycles. The van der Waals surface area contributed by atoms with Gasteiger partial charge in [0.1, 0.15) is 12.4 Å². The van der Waals surface area contributed by atoms with Gasteiger partial charge >= 0.3 is 0 Å². The van der Waals surface area contributed by atoms with E-state index >= 15 is 0 Å². The van der Waals surface area contributed by atoms with Gasteiger partial charge in [0, 0.05) is 12.7 Å². The van der Waals surface area contributed by atoms with E-state index in [0.29, 0.717) is 29.1 Å². The zero-order valence-corrected chi connectivity index (χ0v) is 10.8. The summed E-state index contributed by atoms with van der Waals surface area (Å²) in [6.45, 7) is 2.78. The van der Waals surface area contributed by atoms with Crippen LogP contribution in [0, 0.1) is 0 Å². The number of aromatic nitrogens is 2. The number of halogens is 1. The summed E-state index contributed by atoms with van der Waals surface area (Å²) in [5, 5.41) is 0. The predicted molar refractivity (Wildman–Crippen MR) is 68.5 cm³/mol. The molecule has 0 saturated carbocycles. The lowest BCUT2D eigenvalue weighted by molar-refractivity contribution is 0.128. The van der Waals surface area contributed by atoms with E-state index < -0.39 is 0 Å². The average Bonchev–Trinajstić information content (AvgIpc) is 2.72. The van der Waals surface area contributed by atoms with E-state index in [1.54, 1.807) is 6.07 Å². The smallest absolute Gasteiger partial charge is 0.251 e. The third-order valence-electron chi connectivity index (χ3n) is 2.06. The number of nitrogens with one attached hydrogen (secondary N) is 1. The Balaban J connectivity index is 2.34. The van der Waals surface area contributed by atoms with Crippen molar-refractivity contribution in [2.24, 2.45) is 0 Å². The standard InChI is InChI=1S/C11H11ClN2O2S/c1-2-16-6-10-13-7(5-11(15)14-10)8-3-4-9(12)17-8/h3-5H,2,6H2,1H3,(H,13,14,15). The Morgan fingerprint density at radius 2 is 2.35 bits per heavy atom. The largest absolute Gasteiger partial charge is 0.374 e. The molecule has 0 bridgehead atoms. The number of nitrogens with zero attached hydrogens (tertiary/aromatic N) is 1. The minimum absolute atomic E-state index is 0.186. The van der Waals surface area contributed by atoms with Gasteiger partial charge in [0.2, 0.25) is 0 Å². The maximum atomic E-state index is 11.5. The Labute approximate surface area is 107 Å². The van der Waals surface area contributed by atoms with Gasteiger partial charge in [-0.05, 0) is 19.1 Å². The van der Waals surface area contributed by atoms with E-state index in [1.165, 1.54) is 17.4 Å². The zero-order valence-electron chi connectivity index (χ0n) is 9.20. The van der Waals surface area contributed by atoms with Crippen LogP contribution in [0.2, 0.25) is 4.34 Å². The van der Waals surface area contributed by atoms with Crippen LogP contribution >= 0.6 is 22.9 Å². The fourth-order valence-corrected chi connectivity index (χ4v) is 2.36. The van der Waals surface area contributed by atoms with Crippen molar-refractivity contribution in [1.82, 2.24) is 9.97 Å². The minimum Gasteiger partial charge on any atom is -0.374 e. The molecule has 0 fully saturated rings. The summed E-state index contributed by atoms with van der Waals surface area (Å²) in [6.07, 6.45) is 0. The fraction of sp³-hybridized carbons (Fsp3) is 0.273. The van der Waals surface area contributed by atoms with Crippen LogP contribution in [0.1, 0.15) is 12.7 Å². The molecular formula is C11H11ClN2O2S. The van der Waals surface area contributed by atoms with Crippen molar-refractivity contribution in [2.45, 2.75) is 13.5 Å². The normalized spacial score (nSPS) is 10.7. The highest BCUT2D eigenvalue weighted by molar-refractivity contribution is 7.19. The summed E-state index contributed by atoms with van der Waals surface area (Å²) in [7, 11) is 0. The number of rotatable bonds is 4. The first kappa shape index (κ1) is 12.3. The summed E-state index contributed by atoms with van der Waals surface area (Å²) < 4.78 is 5.89. The van der Waals surface area contributed by atoms with E-state index in [0.717, 1.165) is 4.88 Å². The lowest BCUT2D eigenvalue weighted by Gasteiger charge is -2.02. The van der Waals surface area contributed by atoms with Crippen LogP contribution in [-0.2, 0) is 11.3 Å². The third kappa shape index (κ3) is 3.15. The SMILES string of the molecule is CCOCc1nc(-c2ccc(Cl)s2)cc(=O)[nH]1. The van der Waals surface area contributed by atoms with Crippen LogP contribution in [0.3, 0.4) is 0 Å². The Kier molecular flexibility index (Phi) is 3.93. The summed E-state index contributed by atoms with van der Waals surface area (Å²) in [6, 6.07) is 5.09. The van der Waals surface area contributed by atoms with Gasteiger partial charge in [0.25, 0.3) is 5.56 Å². The number of thiophene rings is 1. The quantitative estimate of drug-likeness (QED) is 0.929. The molecule has 4 nitrogen and oxygen atoms in total. The van der Waals surface area contributed by atoms with Crippen molar-refractivity contribution in [3.8, 4) is 10.6 Å². The van der Waals surface area contributed by atoms with Gasteiger partial charge in [-0.1, -0.05) is 11.6 Å². The maximum absolute atomic E-state index is 11.5. The van der Waals surface area contributed by atoms with Gasteiger partial charge in [-0.2, -0.15) is 0 Å². The van der Waals surface area contributed by atoms with Gasteiger partial charge in [-0.25, -0.2) is 4.98 Å². The summed E-state index contributed by atoms with van der Waals surface area (Å²) in [5.41, 5.74) is 0.439. The molecule has 0 radical (unpaired) electrons. The Hall–Kier alpha value is -1.17. The topological polar surface area (TPSA) is 55.0 Å². The first-order valence-electron chi connectivity index (χ1n) is 5.12. The molecule has 2 rings (SSSR count). The molecule has 90 valence electrons. The molecule has 17 heavy (non-hydrogen) atoms. The Morgan fingerprint density at radius 3 is 3.00 bits per heavy atom. The van der Waals surface area contributed by atoms with E-state index in [2.05, 4.69) is 9.97 Å². The first-order valence-corrected chi connectivity index (χ1v) is 6.32. The molecule has 1 N–H and O–H groups in total. The molecule has 2 aromatic rings. The van der Waals surface area contributed by atoms with Crippen LogP contribution in [0.5, 0.6) is 0 Å². The second-order valence-electron chi connectivity index (χ2n) is 3.32. The number of aromatic amines is 1. The first-order chi connectivity index (χ1) is 8.19. The molecule has 0 spiro atoms. The monoisotopic (exact) mass is 270 g/mol. The van der Waals surface area contributed by atoms with E-state index in [4.69, 9.17) is 16.3 Å². The second-order valence-corrected chi connectivity index (χ2v) is 5.03.